The minimum Gasteiger partial charge on any atom is -0.478 e. The molecule has 1 unspecified atom stereocenters. The number of nitrogens with zero attached hydrogens (tertiary/aromatic N) is 1. The largest absolute Gasteiger partial charge is 0.478 e. The second-order valence-electron chi connectivity index (χ2n) is 4.54. The van der Waals surface area contributed by atoms with Gasteiger partial charge in [-0.05, 0) is 25.5 Å². The number of carbonyl (C=O) groups is 1. The summed E-state index contributed by atoms with van der Waals surface area (Å²) in [6.45, 7) is 5.36. The molecule has 0 aliphatic heterocycles. The van der Waals surface area contributed by atoms with E-state index in [0.29, 0.717) is 6.42 Å². The lowest BCUT2D eigenvalue weighted by Crippen LogP contribution is -2.38. The summed E-state index contributed by atoms with van der Waals surface area (Å²) in [5, 5.41) is 8.96. The Morgan fingerprint density at radius 3 is 2.43 bits per heavy atom. The SMILES string of the molecule is CCC(C)N(CC)S(=O)(=O)c1cc(Br)cc(C(=O)O)c1F. The summed E-state index contributed by atoms with van der Waals surface area (Å²) < 4.78 is 40.8. The van der Waals surface area contributed by atoms with Gasteiger partial charge in [-0.15, -0.1) is 0 Å². The van der Waals surface area contributed by atoms with E-state index in [0.717, 1.165) is 16.4 Å². The molecule has 1 rings (SSSR count). The van der Waals surface area contributed by atoms with Crippen molar-refractivity contribution in [3.05, 3.63) is 28.0 Å². The molecule has 1 aromatic rings. The summed E-state index contributed by atoms with van der Waals surface area (Å²) >= 11 is 3.02. The first-order valence-corrected chi connectivity index (χ1v) is 8.64. The van der Waals surface area contributed by atoms with E-state index in [9.17, 15) is 17.6 Å². The van der Waals surface area contributed by atoms with E-state index in [1.807, 2.05) is 6.92 Å². The van der Waals surface area contributed by atoms with Gasteiger partial charge in [-0.3, -0.25) is 0 Å². The molecule has 0 saturated heterocycles. The van der Waals surface area contributed by atoms with E-state index in [1.54, 1.807) is 13.8 Å². The number of hydrogen-bond donors (Lipinski definition) is 1. The molecule has 5 nitrogen and oxygen atoms in total. The number of carboxylic acid groups (broad SMARTS) is 1. The van der Waals surface area contributed by atoms with Gasteiger partial charge in [-0.2, -0.15) is 4.31 Å². The second kappa shape index (κ2) is 6.85. The fourth-order valence-electron chi connectivity index (χ4n) is 1.96. The van der Waals surface area contributed by atoms with Crippen molar-refractivity contribution >= 4 is 31.9 Å². The predicted octanol–water partition coefficient (Wildman–Crippen LogP) is 3.10. The van der Waals surface area contributed by atoms with Crippen molar-refractivity contribution in [1.82, 2.24) is 4.31 Å². The zero-order valence-electron chi connectivity index (χ0n) is 11.9. The molecule has 0 amide bonds. The van der Waals surface area contributed by atoms with Gasteiger partial charge in [-0.1, -0.05) is 29.8 Å². The van der Waals surface area contributed by atoms with Crippen molar-refractivity contribution in [3.8, 4) is 0 Å². The Morgan fingerprint density at radius 1 is 1.43 bits per heavy atom. The van der Waals surface area contributed by atoms with Crippen LogP contribution in [-0.4, -0.2) is 36.4 Å². The first-order valence-electron chi connectivity index (χ1n) is 6.40. The highest BCUT2D eigenvalue weighted by molar-refractivity contribution is 9.10. The molecule has 118 valence electrons. The molecule has 0 aromatic heterocycles. The summed E-state index contributed by atoms with van der Waals surface area (Å²) in [6, 6.07) is 1.81. The average molecular weight is 382 g/mol. The van der Waals surface area contributed by atoms with Crippen LogP contribution in [0.15, 0.2) is 21.5 Å². The standard InChI is InChI=1S/C13H17BrFNO4S/c1-4-8(3)16(5-2)21(19,20)11-7-9(14)6-10(12(11)15)13(17)18/h6-8H,4-5H2,1-3H3,(H,17,18). The Labute approximate surface area is 131 Å². The van der Waals surface area contributed by atoms with Crippen LogP contribution in [0.3, 0.4) is 0 Å². The number of halogens is 2. The highest BCUT2D eigenvalue weighted by Crippen LogP contribution is 2.28. The zero-order valence-corrected chi connectivity index (χ0v) is 14.3. The second-order valence-corrected chi connectivity index (χ2v) is 7.31. The van der Waals surface area contributed by atoms with E-state index in [2.05, 4.69) is 15.9 Å². The molecule has 1 N–H and O–H groups in total. The maximum Gasteiger partial charge on any atom is 0.338 e. The lowest BCUT2D eigenvalue weighted by Gasteiger charge is -2.26. The number of aromatic carboxylic acids is 1. The summed E-state index contributed by atoms with van der Waals surface area (Å²) in [5.41, 5.74) is -0.678. The zero-order chi connectivity index (χ0) is 16.4. The smallest absolute Gasteiger partial charge is 0.338 e. The molecule has 0 saturated carbocycles. The quantitative estimate of drug-likeness (QED) is 0.821. The summed E-state index contributed by atoms with van der Waals surface area (Å²) in [5.74, 6) is -2.76. The number of carboxylic acids is 1. The number of hydrogen-bond acceptors (Lipinski definition) is 3. The fourth-order valence-corrected chi connectivity index (χ4v) is 4.39. The van der Waals surface area contributed by atoms with Crippen molar-refractivity contribution in [2.75, 3.05) is 6.54 Å². The molecule has 0 spiro atoms. The lowest BCUT2D eigenvalue weighted by atomic mass is 10.2. The van der Waals surface area contributed by atoms with Gasteiger partial charge < -0.3 is 5.11 Å². The van der Waals surface area contributed by atoms with E-state index >= 15 is 0 Å². The molecule has 0 bridgehead atoms. The third-order valence-electron chi connectivity index (χ3n) is 3.22. The topological polar surface area (TPSA) is 74.7 Å². The molecule has 0 radical (unpaired) electrons. The van der Waals surface area contributed by atoms with E-state index in [4.69, 9.17) is 5.11 Å². The first-order chi connectivity index (χ1) is 9.66. The maximum atomic E-state index is 14.3. The Bertz CT molecular complexity index is 648. The number of rotatable bonds is 6. The molecule has 0 heterocycles. The normalized spacial score (nSPS) is 13.4. The van der Waals surface area contributed by atoms with Gasteiger partial charge in [0.25, 0.3) is 0 Å². The summed E-state index contributed by atoms with van der Waals surface area (Å²) in [7, 11) is -4.11. The Kier molecular flexibility index (Phi) is 5.89. The highest BCUT2D eigenvalue weighted by Gasteiger charge is 2.32. The van der Waals surface area contributed by atoms with Gasteiger partial charge in [0, 0.05) is 17.1 Å². The monoisotopic (exact) mass is 381 g/mol. The van der Waals surface area contributed by atoms with Crippen molar-refractivity contribution in [2.45, 2.75) is 38.1 Å². The van der Waals surface area contributed by atoms with Crippen LogP contribution in [-0.2, 0) is 10.0 Å². The van der Waals surface area contributed by atoms with Gasteiger partial charge in [0.1, 0.15) is 4.90 Å². The average Bonchev–Trinajstić information content (AvgIpc) is 2.40. The lowest BCUT2D eigenvalue weighted by molar-refractivity contribution is 0.0691. The molecule has 0 aliphatic rings. The molecule has 1 atom stereocenters. The van der Waals surface area contributed by atoms with Crippen LogP contribution in [0.5, 0.6) is 0 Å². The molecule has 1 aromatic carbocycles. The third-order valence-corrected chi connectivity index (χ3v) is 5.76. The maximum absolute atomic E-state index is 14.3. The van der Waals surface area contributed by atoms with Crippen molar-refractivity contribution < 1.29 is 22.7 Å². The van der Waals surface area contributed by atoms with E-state index < -0.39 is 32.3 Å². The van der Waals surface area contributed by atoms with Crippen LogP contribution < -0.4 is 0 Å². The minimum absolute atomic E-state index is 0.172. The van der Waals surface area contributed by atoms with E-state index in [1.165, 1.54) is 0 Å². The Morgan fingerprint density at radius 2 is 2.00 bits per heavy atom. The van der Waals surface area contributed by atoms with Crippen LogP contribution in [0, 0.1) is 5.82 Å². The fraction of sp³-hybridized carbons (Fsp3) is 0.462. The van der Waals surface area contributed by atoms with Gasteiger partial charge in [0.05, 0.1) is 5.56 Å². The molecular weight excluding hydrogens is 365 g/mol. The minimum atomic E-state index is -4.11. The number of sulfonamides is 1. The summed E-state index contributed by atoms with van der Waals surface area (Å²) in [6.07, 6.45) is 0.564. The van der Waals surface area contributed by atoms with E-state index in [-0.39, 0.29) is 17.1 Å². The van der Waals surface area contributed by atoms with Crippen LogP contribution >= 0.6 is 15.9 Å². The van der Waals surface area contributed by atoms with Gasteiger partial charge in [0.15, 0.2) is 5.82 Å². The van der Waals surface area contributed by atoms with Crippen molar-refractivity contribution in [3.63, 3.8) is 0 Å². The van der Waals surface area contributed by atoms with Gasteiger partial charge >= 0.3 is 5.97 Å². The molecular formula is C13H17BrFNO4S. The first kappa shape index (κ1) is 18.1. The third kappa shape index (κ3) is 3.61. The molecule has 21 heavy (non-hydrogen) atoms. The van der Waals surface area contributed by atoms with Crippen LogP contribution in [0.2, 0.25) is 0 Å². The van der Waals surface area contributed by atoms with Crippen LogP contribution in [0.25, 0.3) is 0 Å². The van der Waals surface area contributed by atoms with Crippen molar-refractivity contribution in [2.24, 2.45) is 0 Å². The molecule has 0 fully saturated rings. The Balaban J connectivity index is 3.55. The Hall–Kier alpha value is -0.990. The number of benzene rings is 1. The van der Waals surface area contributed by atoms with Gasteiger partial charge in [0.2, 0.25) is 10.0 Å². The highest BCUT2D eigenvalue weighted by atomic mass is 79.9. The van der Waals surface area contributed by atoms with Crippen LogP contribution in [0.1, 0.15) is 37.6 Å². The molecule has 8 heteroatoms. The van der Waals surface area contributed by atoms with Crippen LogP contribution in [0.4, 0.5) is 4.39 Å². The predicted molar refractivity (Wildman–Crippen MR) is 80.4 cm³/mol. The van der Waals surface area contributed by atoms with Crippen molar-refractivity contribution in [1.29, 1.82) is 0 Å². The summed E-state index contributed by atoms with van der Waals surface area (Å²) in [4.78, 5) is 10.4. The van der Waals surface area contributed by atoms with Gasteiger partial charge in [-0.25, -0.2) is 17.6 Å². The molecule has 0 aliphatic carbocycles.